The van der Waals surface area contributed by atoms with Crippen LogP contribution in [0.25, 0.3) is 5.69 Å². The van der Waals surface area contributed by atoms with Gasteiger partial charge in [-0.15, -0.1) is 5.10 Å². The summed E-state index contributed by atoms with van der Waals surface area (Å²) in [6.07, 6.45) is 0. The van der Waals surface area contributed by atoms with Gasteiger partial charge in [-0.25, -0.2) is 9.18 Å². The highest BCUT2D eigenvalue weighted by Gasteiger charge is 2.23. The van der Waals surface area contributed by atoms with Crippen molar-refractivity contribution >= 4 is 11.7 Å². The standard InChI is InChI=1S/C19H20FN7O/c20-15-6-8-17(9-7-15)27-18(22-23-24-27)14-25-10-12-26(13-11-25)19(28)21-16-4-2-1-3-5-16/h1-9H,10-14H2,(H,21,28). The van der Waals surface area contributed by atoms with E-state index in [-0.39, 0.29) is 11.8 Å². The lowest BCUT2D eigenvalue weighted by atomic mass is 10.3. The van der Waals surface area contributed by atoms with E-state index < -0.39 is 0 Å². The zero-order valence-corrected chi connectivity index (χ0v) is 15.2. The summed E-state index contributed by atoms with van der Waals surface area (Å²) in [4.78, 5) is 16.4. The molecule has 4 rings (SSSR count). The fourth-order valence-corrected chi connectivity index (χ4v) is 3.12. The molecule has 28 heavy (non-hydrogen) atoms. The molecule has 2 heterocycles. The minimum absolute atomic E-state index is 0.0954. The van der Waals surface area contributed by atoms with E-state index in [1.165, 1.54) is 12.1 Å². The molecule has 144 valence electrons. The lowest BCUT2D eigenvalue weighted by Crippen LogP contribution is -2.49. The summed E-state index contributed by atoms with van der Waals surface area (Å²) >= 11 is 0. The number of nitrogens with zero attached hydrogens (tertiary/aromatic N) is 6. The van der Waals surface area contributed by atoms with Crippen molar-refractivity contribution in [1.82, 2.24) is 30.0 Å². The van der Waals surface area contributed by atoms with Gasteiger partial charge in [0.2, 0.25) is 0 Å². The number of urea groups is 1. The topological polar surface area (TPSA) is 79.2 Å². The van der Waals surface area contributed by atoms with E-state index in [1.54, 1.807) is 21.7 Å². The van der Waals surface area contributed by atoms with Crippen molar-refractivity contribution in [2.45, 2.75) is 6.54 Å². The Morgan fingerprint density at radius 2 is 1.71 bits per heavy atom. The van der Waals surface area contributed by atoms with Crippen LogP contribution in [0, 0.1) is 5.82 Å². The monoisotopic (exact) mass is 381 g/mol. The van der Waals surface area contributed by atoms with Crippen LogP contribution in [0.1, 0.15) is 5.82 Å². The summed E-state index contributed by atoms with van der Waals surface area (Å²) < 4.78 is 14.7. The first-order chi connectivity index (χ1) is 13.7. The van der Waals surface area contributed by atoms with Gasteiger partial charge < -0.3 is 10.2 Å². The summed E-state index contributed by atoms with van der Waals surface area (Å²) in [5, 5.41) is 14.7. The molecule has 0 atom stereocenters. The second kappa shape index (κ2) is 8.13. The molecule has 2 amide bonds. The molecule has 1 N–H and O–H groups in total. The number of para-hydroxylation sites is 1. The van der Waals surface area contributed by atoms with E-state index in [0.717, 1.165) is 18.8 Å². The molecule has 0 spiro atoms. The van der Waals surface area contributed by atoms with Gasteiger partial charge in [-0.05, 0) is 46.8 Å². The summed E-state index contributed by atoms with van der Waals surface area (Å²) in [5.74, 6) is 0.372. The van der Waals surface area contributed by atoms with Gasteiger partial charge in [0.1, 0.15) is 5.82 Å². The third kappa shape index (κ3) is 4.15. The summed E-state index contributed by atoms with van der Waals surface area (Å²) in [6, 6.07) is 15.4. The van der Waals surface area contributed by atoms with Crippen molar-refractivity contribution in [2.24, 2.45) is 0 Å². The first-order valence-electron chi connectivity index (χ1n) is 9.05. The Bertz CT molecular complexity index is 921. The average Bonchev–Trinajstić information content (AvgIpc) is 3.18. The molecule has 2 aromatic carbocycles. The maximum Gasteiger partial charge on any atom is 0.321 e. The molecule has 8 nitrogen and oxygen atoms in total. The third-order valence-electron chi connectivity index (χ3n) is 4.65. The van der Waals surface area contributed by atoms with Crippen LogP contribution in [0.15, 0.2) is 54.6 Å². The molecule has 1 fully saturated rings. The predicted octanol–water partition coefficient (Wildman–Crippen LogP) is 2.15. The van der Waals surface area contributed by atoms with Crippen molar-refractivity contribution < 1.29 is 9.18 Å². The van der Waals surface area contributed by atoms with Gasteiger partial charge in [-0.3, -0.25) is 4.90 Å². The maximum atomic E-state index is 13.1. The Morgan fingerprint density at radius 3 is 2.43 bits per heavy atom. The molecule has 1 aliphatic heterocycles. The fraction of sp³-hybridized carbons (Fsp3) is 0.263. The Labute approximate surface area is 161 Å². The van der Waals surface area contributed by atoms with Crippen LogP contribution < -0.4 is 5.32 Å². The van der Waals surface area contributed by atoms with Crippen LogP contribution in [-0.2, 0) is 6.54 Å². The van der Waals surface area contributed by atoms with Crippen LogP contribution in [0.5, 0.6) is 0 Å². The number of anilines is 1. The number of carbonyl (C=O) groups excluding carboxylic acids is 1. The van der Waals surface area contributed by atoms with Gasteiger partial charge in [0, 0.05) is 31.9 Å². The van der Waals surface area contributed by atoms with Gasteiger partial charge in [0.05, 0.1) is 12.2 Å². The van der Waals surface area contributed by atoms with E-state index in [2.05, 4.69) is 25.7 Å². The predicted molar refractivity (Wildman–Crippen MR) is 101 cm³/mol. The minimum Gasteiger partial charge on any atom is -0.322 e. The van der Waals surface area contributed by atoms with Crippen molar-refractivity contribution in [3.05, 3.63) is 66.2 Å². The second-order valence-corrected chi connectivity index (χ2v) is 6.54. The first-order valence-corrected chi connectivity index (χ1v) is 9.05. The number of hydrogen-bond acceptors (Lipinski definition) is 5. The van der Waals surface area contributed by atoms with Gasteiger partial charge in [0.25, 0.3) is 0 Å². The number of hydrogen-bond donors (Lipinski definition) is 1. The van der Waals surface area contributed by atoms with E-state index >= 15 is 0 Å². The number of nitrogens with one attached hydrogen (secondary N) is 1. The van der Waals surface area contributed by atoms with E-state index in [0.29, 0.717) is 31.1 Å². The highest BCUT2D eigenvalue weighted by atomic mass is 19.1. The molecule has 1 aliphatic rings. The molecule has 0 aliphatic carbocycles. The lowest BCUT2D eigenvalue weighted by Gasteiger charge is -2.34. The molecule has 3 aromatic rings. The Hall–Kier alpha value is -3.33. The Kier molecular flexibility index (Phi) is 5.24. The number of amides is 2. The van der Waals surface area contributed by atoms with Crippen molar-refractivity contribution in [3.8, 4) is 5.69 Å². The summed E-state index contributed by atoms with van der Waals surface area (Å²) in [5.41, 5.74) is 1.50. The van der Waals surface area contributed by atoms with Crippen LogP contribution in [-0.4, -0.2) is 62.2 Å². The number of piperazine rings is 1. The Balaban J connectivity index is 1.33. The van der Waals surface area contributed by atoms with Gasteiger partial charge in [-0.1, -0.05) is 18.2 Å². The number of benzene rings is 2. The number of tetrazole rings is 1. The van der Waals surface area contributed by atoms with Crippen molar-refractivity contribution in [1.29, 1.82) is 0 Å². The van der Waals surface area contributed by atoms with Crippen LogP contribution in [0.3, 0.4) is 0 Å². The van der Waals surface area contributed by atoms with Gasteiger partial charge >= 0.3 is 6.03 Å². The zero-order valence-electron chi connectivity index (χ0n) is 15.2. The quantitative estimate of drug-likeness (QED) is 0.749. The van der Waals surface area contributed by atoms with Crippen LogP contribution in [0.2, 0.25) is 0 Å². The Morgan fingerprint density at radius 1 is 1.00 bits per heavy atom. The first kappa shape index (κ1) is 18.1. The highest BCUT2D eigenvalue weighted by molar-refractivity contribution is 5.89. The normalized spacial score (nSPS) is 14.8. The number of carbonyl (C=O) groups is 1. The summed E-state index contributed by atoms with van der Waals surface area (Å²) in [7, 11) is 0. The SMILES string of the molecule is O=C(Nc1ccccc1)N1CCN(Cc2nnnn2-c2ccc(F)cc2)CC1. The van der Waals surface area contributed by atoms with Crippen LogP contribution in [0.4, 0.5) is 14.9 Å². The lowest BCUT2D eigenvalue weighted by molar-refractivity contribution is 0.140. The smallest absolute Gasteiger partial charge is 0.321 e. The van der Waals surface area contributed by atoms with Crippen LogP contribution >= 0.6 is 0 Å². The molecular formula is C19H20FN7O. The number of rotatable bonds is 4. The number of aromatic nitrogens is 4. The molecule has 1 aromatic heterocycles. The fourth-order valence-electron chi connectivity index (χ4n) is 3.12. The maximum absolute atomic E-state index is 13.1. The molecule has 9 heteroatoms. The molecular weight excluding hydrogens is 361 g/mol. The molecule has 0 bridgehead atoms. The zero-order chi connectivity index (χ0) is 19.3. The van der Waals surface area contributed by atoms with Crippen molar-refractivity contribution in [2.75, 3.05) is 31.5 Å². The highest BCUT2D eigenvalue weighted by Crippen LogP contribution is 2.13. The van der Waals surface area contributed by atoms with Gasteiger partial charge in [-0.2, -0.15) is 4.68 Å². The van der Waals surface area contributed by atoms with E-state index in [1.807, 2.05) is 30.3 Å². The molecule has 0 saturated carbocycles. The third-order valence-corrected chi connectivity index (χ3v) is 4.65. The number of halogens is 1. The van der Waals surface area contributed by atoms with E-state index in [4.69, 9.17) is 0 Å². The minimum atomic E-state index is -0.303. The molecule has 1 saturated heterocycles. The molecule has 0 radical (unpaired) electrons. The van der Waals surface area contributed by atoms with Gasteiger partial charge in [0.15, 0.2) is 5.82 Å². The largest absolute Gasteiger partial charge is 0.322 e. The molecule has 0 unspecified atom stereocenters. The second-order valence-electron chi connectivity index (χ2n) is 6.54. The van der Waals surface area contributed by atoms with Crippen molar-refractivity contribution in [3.63, 3.8) is 0 Å². The van der Waals surface area contributed by atoms with E-state index in [9.17, 15) is 9.18 Å². The summed E-state index contributed by atoms with van der Waals surface area (Å²) in [6.45, 7) is 3.24. The average molecular weight is 381 g/mol.